The second kappa shape index (κ2) is 5.79. The maximum absolute atomic E-state index is 12.1. The highest BCUT2D eigenvalue weighted by atomic mass is 79.9. The van der Waals surface area contributed by atoms with Crippen LogP contribution in [0.1, 0.15) is 6.42 Å². The number of aromatic nitrogens is 1. The van der Waals surface area contributed by atoms with Gasteiger partial charge in [-0.3, -0.25) is 9.69 Å². The van der Waals surface area contributed by atoms with Gasteiger partial charge in [-0.2, -0.15) is 0 Å². The molecular formula is C14H12BrClN2O3S. The molecule has 1 fully saturated rings. The quantitative estimate of drug-likeness (QED) is 0.739. The van der Waals surface area contributed by atoms with Gasteiger partial charge in [-0.25, -0.2) is 13.4 Å². The van der Waals surface area contributed by atoms with Gasteiger partial charge in [-0.1, -0.05) is 15.9 Å². The Labute approximate surface area is 140 Å². The molecule has 2 aromatic rings. The van der Waals surface area contributed by atoms with Crippen LogP contribution in [-0.4, -0.2) is 31.6 Å². The molecule has 0 aliphatic carbocycles. The molecule has 8 heteroatoms. The van der Waals surface area contributed by atoms with Crippen LogP contribution in [0.2, 0.25) is 0 Å². The Hall–Kier alpha value is -1.18. The fourth-order valence-electron chi connectivity index (χ4n) is 2.63. The fraction of sp³-hybridized carbons (Fsp3) is 0.286. The molecular weight excluding hydrogens is 392 g/mol. The Balaban J connectivity index is 1.88. The van der Waals surface area contributed by atoms with E-state index in [0.29, 0.717) is 12.4 Å². The van der Waals surface area contributed by atoms with Gasteiger partial charge in [0.25, 0.3) is 0 Å². The van der Waals surface area contributed by atoms with E-state index in [1.807, 2.05) is 24.3 Å². The van der Waals surface area contributed by atoms with Crippen LogP contribution in [-0.2, 0) is 13.8 Å². The molecule has 0 saturated carbocycles. The molecule has 116 valence electrons. The summed E-state index contributed by atoms with van der Waals surface area (Å²) in [7, 11) is 1.66. The minimum atomic E-state index is -3.61. The Morgan fingerprint density at radius 3 is 2.82 bits per heavy atom. The highest BCUT2D eigenvalue weighted by Gasteiger charge is 2.33. The first-order valence-corrected chi connectivity index (χ1v) is 9.88. The van der Waals surface area contributed by atoms with E-state index >= 15 is 0 Å². The van der Waals surface area contributed by atoms with Gasteiger partial charge in [0.05, 0.1) is 11.3 Å². The van der Waals surface area contributed by atoms with Gasteiger partial charge in [-0.15, -0.1) is 0 Å². The number of benzene rings is 1. The molecule has 0 bridgehead atoms. The van der Waals surface area contributed by atoms with Gasteiger partial charge in [0.15, 0.2) is 0 Å². The molecule has 5 nitrogen and oxygen atoms in total. The number of carbonyl (C=O) groups excluding carboxylic acids is 1. The van der Waals surface area contributed by atoms with E-state index in [-0.39, 0.29) is 24.0 Å². The molecule has 1 saturated heterocycles. The summed E-state index contributed by atoms with van der Waals surface area (Å²) in [5, 5.41) is 0.963. The van der Waals surface area contributed by atoms with E-state index in [2.05, 4.69) is 20.9 Å². The zero-order valence-corrected chi connectivity index (χ0v) is 14.5. The first-order valence-electron chi connectivity index (χ1n) is 6.61. The molecule has 2 heterocycles. The third kappa shape index (κ3) is 3.42. The average Bonchev–Trinajstić information content (AvgIpc) is 2.76. The van der Waals surface area contributed by atoms with Crippen molar-refractivity contribution in [3.63, 3.8) is 0 Å². The lowest BCUT2D eigenvalue weighted by molar-refractivity contribution is -0.117. The Morgan fingerprint density at radius 2 is 2.09 bits per heavy atom. The molecule has 1 amide bonds. The van der Waals surface area contributed by atoms with Crippen LogP contribution in [0.4, 0.5) is 5.82 Å². The summed E-state index contributed by atoms with van der Waals surface area (Å²) in [5.41, 5.74) is 0.780. The SMILES string of the molecule is O=C1CC(CS(=O)(=O)Cl)CN1c1ccc2cc(Br)ccc2n1. The van der Waals surface area contributed by atoms with Crippen molar-refractivity contribution in [2.75, 3.05) is 17.2 Å². The molecule has 1 unspecified atom stereocenters. The number of anilines is 1. The highest BCUT2D eigenvalue weighted by molar-refractivity contribution is 9.10. The summed E-state index contributed by atoms with van der Waals surface area (Å²) in [6.45, 7) is 0.319. The van der Waals surface area contributed by atoms with Gasteiger partial charge < -0.3 is 0 Å². The van der Waals surface area contributed by atoms with Crippen LogP contribution in [0.15, 0.2) is 34.8 Å². The number of nitrogens with zero attached hydrogens (tertiary/aromatic N) is 2. The summed E-state index contributed by atoms with van der Waals surface area (Å²) in [5.74, 6) is -0.0851. The summed E-state index contributed by atoms with van der Waals surface area (Å²) in [6.07, 6.45) is 0.173. The van der Waals surface area contributed by atoms with Crippen molar-refractivity contribution in [1.29, 1.82) is 0 Å². The molecule has 22 heavy (non-hydrogen) atoms. The van der Waals surface area contributed by atoms with Crippen LogP contribution in [0, 0.1) is 5.92 Å². The maximum Gasteiger partial charge on any atom is 0.232 e. The van der Waals surface area contributed by atoms with Gasteiger partial charge in [-0.05, 0) is 30.3 Å². The van der Waals surface area contributed by atoms with Crippen molar-refractivity contribution in [2.24, 2.45) is 5.92 Å². The first-order chi connectivity index (χ1) is 10.3. The highest BCUT2D eigenvalue weighted by Crippen LogP contribution is 2.27. The molecule has 1 aliphatic heterocycles. The smallest absolute Gasteiger partial charge is 0.232 e. The minimum Gasteiger partial charge on any atom is -0.296 e. The predicted octanol–water partition coefficient (Wildman–Crippen LogP) is 2.92. The number of halogens is 2. The normalized spacial score (nSPS) is 19.1. The largest absolute Gasteiger partial charge is 0.296 e. The third-order valence-electron chi connectivity index (χ3n) is 3.55. The van der Waals surface area contributed by atoms with E-state index in [4.69, 9.17) is 10.7 Å². The third-order valence-corrected chi connectivity index (χ3v) is 5.29. The van der Waals surface area contributed by atoms with Crippen molar-refractivity contribution in [3.05, 3.63) is 34.8 Å². The number of hydrogen-bond acceptors (Lipinski definition) is 4. The van der Waals surface area contributed by atoms with Crippen LogP contribution >= 0.6 is 26.6 Å². The summed E-state index contributed by atoms with van der Waals surface area (Å²) < 4.78 is 23.3. The average molecular weight is 404 g/mol. The molecule has 1 aromatic heterocycles. The van der Waals surface area contributed by atoms with Crippen molar-refractivity contribution in [2.45, 2.75) is 6.42 Å². The molecule has 1 aliphatic rings. The van der Waals surface area contributed by atoms with E-state index in [0.717, 1.165) is 15.4 Å². The van der Waals surface area contributed by atoms with E-state index in [1.54, 1.807) is 6.07 Å². The second-order valence-corrected chi connectivity index (χ2v) is 9.02. The Kier molecular flexibility index (Phi) is 4.13. The first kappa shape index (κ1) is 15.7. The van der Waals surface area contributed by atoms with E-state index < -0.39 is 9.05 Å². The van der Waals surface area contributed by atoms with Crippen LogP contribution in [0.5, 0.6) is 0 Å². The summed E-state index contributed by atoms with van der Waals surface area (Å²) >= 11 is 3.40. The molecule has 3 rings (SSSR count). The summed E-state index contributed by atoms with van der Waals surface area (Å²) in [6, 6.07) is 9.35. The lowest BCUT2D eigenvalue weighted by Gasteiger charge is -2.16. The molecule has 0 radical (unpaired) electrons. The number of carbonyl (C=O) groups is 1. The number of fused-ring (bicyclic) bond motifs is 1. The van der Waals surface area contributed by atoms with E-state index in [1.165, 1.54) is 4.90 Å². The Morgan fingerprint density at radius 1 is 1.32 bits per heavy atom. The van der Waals surface area contributed by atoms with Gasteiger partial charge >= 0.3 is 0 Å². The van der Waals surface area contributed by atoms with Gasteiger partial charge in [0.1, 0.15) is 5.82 Å². The zero-order valence-electron chi connectivity index (χ0n) is 11.4. The lowest BCUT2D eigenvalue weighted by Crippen LogP contribution is -2.26. The lowest BCUT2D eigenvalue weighted by atomic mass is 10.1. The second-order valence-electron chi connectivity index (χ2n) is 5.29. The number of rotatable bonds is 3. The number of amides is 1. The van der Waals surface area contributed by atoms with Gasteiger partial charge in [0, 0.05) is 39.4 Å². The predicted molar refractivity (Wildman–Crippen MR) is 89.5 cm³/mol. The maximum atomic E-state index is 12.1. The van der Waals surface area contributed by atoms with Crippen LogP contribution in [0.25, 0.3) is 10.9 Å². The molecule has 1 atom stereocenters. The minimum absolute atomic E-state index is 0.130. The fourth-order valence-corrected chi connectivity index (χ4v) is 4.33. The van der Waals surface area contributed by atoms with Crippen molar-refractivity contribution in [3.8, 4) is 0 Å². The van der Waals surface area contributed by atoms with E-state index in [9.17, 15) is 13.2 Å². The monoisotopic (exact) mass is 402 g/mol. The molecule has 0 spiro atoms. The van der Waals surface area contributed by atoms with Crippen molar-refractivity contribution >= 4 is 58.3 Å². The molecule has 0 N–H and O–H groups in total. The topological polar surface area (TPSA) is 67.3 Å². The van der Waals surface area contributed by atoms with Crippen LogP contribution < -0.4 is 4.90 Å². The van der Waals surface area contributed by atoms with Gasteiger partial charge in [0.2, 0.25) is 15.0 Å². The van der Waals surface area contributed by atoms with Crippen LogP contribution in [0.3, 0.4) is 0 Å². The zero-order chi connectivity index (χ0) is 15.9. The van der Waals surface area contributed by atoms with Crippen molar-refractivity contribution in [1.82, 2.24) is 4.98 Å². The standard InChI is InChI=1S/C14H12BrClN2O3S/c15-11-2-3-12-10(6-11)1-4-13(17-12)18-7-9(5-14(18)19)8-22(16,20)21/h1-4,6,9H,5,7-8H2. The van der Waals surface area contributed by atoms with Crippen molar-refractivity contribution < 1.29 is 13.2 Å². The number of pyridine rings is 1. The number of hydrogen-bond donors (Lipinski definition) is 0. The summed E-state index contributed by atoms with van der Waals surface area (Å²) in [4.78, 5) is 18.1. The Bertz CT molecular complexity index is 856. The molecule has 1 aromatic carbocycles.